The molecule has 6 nitrogen and oxygen atoms in total. The number of nitrogens with two attached hydrogens (primary N) is 1. The Balaban J connectivity index is 1.66. The number of aromatic nitrogens is 3. The van der Waals surface area contributed by atoms with Gasteiger partial charge in [0.25, 0.3) is 0 Å². The molecule has 23 heavy (non-hydrogen) atoms. The van der Waals surface area contributed by atoms with Crippen LogP contribution in [0.25, 0.3) is 11.3 Å². The van der Waals surface area contributed by atoms with E-state index >= 15 is 0 Å². The lowest BCUT2D eigenvalue weighted by Gasteiger charge is -2.03. The number of hydrogen-bond donors (Lipinski definition) is 1. The number of benzene rings is 2. The van der Waals surface area contributed by atoms with Gasteiger partial charge in [-0.1, -0.05) is 47.7 Å². The van der Waals surface area contributed by atoms with Crippen LogP contribution in [0.5, 0.6) is 0 Å². The van der Waals surface area contributed by atoms with Crippen molar-refractivity contribution in [3.8, 4) is 11.3 Å². The fraction of sp³-hybridized carbons (Fsp3) is 0.125. The molecule has 0 aliphatic carbocycles. The Labute approximate surface area is 134 Å². The van der Waals surface area contributed by atoms with Crippen LogP contribution in [0.2, 0.25) is 0 Å². The van der Waals surface area contributed by atoms with Crippen LogP contribution in [0.15, 0.2) is 65.7 Å². The highest BCUT2D eigenvalue weighted by Crippen LogP contribution is 2.15. The van der Waals surface area contributed by atoms with Crippen molar-refractivity contribution in [2.24, 2.45) is 5.14 Å². The molecule has 0 unspecified atom stereocenters. The third-order valence-corrected chi connectivity index (χ3v) is 4.42. The maximum atomic E-state index is 11.2. The van der Waals surface area contributed by atoms with Gasteiger partial charge in [-0.3, -0.25) is 4.68 Å². The van der Waals surface area contributed by atoms with Crippen molar-refractivity contribution in [1.82, 2.24) is 15.0 Å². The standard InChI is InChI=1S/C16H16N4O2S/c17-23(21,22)15-8-6-13(7-9-15)10-11-20-12-16(18-19-20)14-4-2-1-3-5-14/h1-9,12H,10-11H2,(H2,17,21,22). The predicted octanol–water partition coefficient (Wildman–Crippen LogP) is 1.84. The number of hydrogen-bond acceptors (Lipinski definition) is 4. The Bertz CT molecular complexity index is 887. The Kier molecular flexibility index (Phi) is 4.22. The Hall–Kier alpha value is -2.51. The van der Waals surface area contributed by atoms with Crippen LogP contribution < -0.4 is 5.14 Å². The average Bonchev–Trinajstić information content (AvgIpc) is 3.02. The van der Waals surface area contributed by atoms with E-state index in [0.717, 1.165) is 23.2 Å². The number of rotatable bonds is 5. The summed E-state index contributed by atoms with van der Waals surface area (Å²) in [6, 6.07) is 16.4. The fourth-order valence-corrected chi connectivity index (χ4v) is 2.75. The van der Waals surface area contributed by atoms with Gasteiger partial charge in [0.15, 0.2) is 0 Å². The van der Waals surface area contributed by atoms with E-state index in [0.29, 0.717) is 6.54 Å². The van der Waals surface area contributed by atoms with E-state index in [-0.39, 0.29) is 4.90 Å². The van der Waals surface area contributed by atoms with Gasteiger partial charge >= 0.3 is 0 Å². The Morgan fingerprint density at radius 3 is 2.35 bits per heavy atom. The van der Waals surface area contributed by atoms with E-state index in [1.807, 2.05) is 36.5 Å². The van der Waals surface area contributed by atoms with Gasteiger partial charge in [0.2, 0.25) is 10.0 Å². The van der Waals surface area contributed by atoms with Gasteiger partial charge in [0.05, 0.1) is 11.1 Å². The molecule has 0 saturated heterocycles. The molecule has 3 rings (SSSR count). The van der Waals surface area contributed by atoms with Gasteiger partial charge in [0.1, 0.15) is 5.69 Å². The maximum absolute atomic E-state index is 11.2. The average molecular weight is 328 g/mol. The van der Waals surface area contributed by atoms with E-state index in [9.17, 15) is 8.42 Å². The van der Waals surface area contributed by atoms with Crippen molar-refractivity contribution in [3.05, 3.63) is 66.4 Å². The summed E-state index contributed by atoms with van der Waals surface area (Å²) in [6.45, 7) is 0.661. The van der Waals surface area contributed by atoms with Crippen LogP contribution in [0.3, 0.4) is 0 Å². The monoisotopic (exact) mass is 328 g/mol. The molecule has 0 aliphatic rings. The first-order chi connectivity index (χ1) is 11.0. The van der Waals surface area contributed by atoms with Crippen LogP contribution >= 0.6 is 0 Å². The van der Waals surface area contributed by atoms with E-state index in [2.05, 4.69) is 10.3 Å². The van der Waals surface area contributed by atoms with Crippen LogP contribution in [0, 0.1) is 0 Å². The first-order valence-corrected chi connectivity index (χ1v) is 8.64. The van der Waals surface area contributed by atoms with Crippen molar-refractivity contribution < 1.29 is 8.42 Å². The Morgan fingerprint density at radius 1 is 1.00 bits per heavy atom. The lowest BCUT2D eigenvalue weighted by Crippen LogP contribution is -2.12. The van der Waals surface area contributed by atoms with Gasteiger partial charge in [-0.25, -0.2) is 13.6 Å². The zero-order valence-electron chi connectivity index (χ0n) is 12.3. The molecule has 0 saturated carbocycles. The molecule has 1 aromatic heterocycles. The number of sulfonamides is 1. The van der Waals surface area contributed by atoms with Gasteiger partial charge < -0.3 is 0 Å². The van der Waals surface area contributed by atoms with Crippen LogP contribution in [0.1, 0.15) is 5.56 Å². The van der Waals surface area contributed by atoms with Crippen molar-refractivity contribution in [2.45, 2.75) is 17.9 Å². The minimum Gasteiger partial charge on any atom is -0.252 e. The summed E-state index contributed by atoms with van der Waals surface area (Å²) in [4.78, 5) is 0.119. The highest BCUT2D eigenvalue weighted by atomic mass is 32.2. The molecule has 7 heteroatoms. The SMILES string of the molecule is NS(=O)(=O)c1ccc(CCn2cc(-c3ccccc3)nn2)cc1. The first kappa shape index (κ1) is 15.4. The van der Waals surface area contributed by atoms with E-state index in [1.165, 1.54) is 12.1 Å². The predicted molar refractivity (Wildman–Crippen MR) is 87.0 cm³/mol. The molecule has 0 spiro atoms. The maximum Gasteiger partial charge on any atom is 0.238 e. The van der Waals surface area contributed by atoms with Crippen LogP contribution in [0.4, 0.5) is 0 Å². The van der Waals surface area contributed by atoms with Gasteiger partial charge in [0, 0.05) is 12.1 Å². The molecule has 0 atom stereocenters. The summed E-state index contributed by atoms with van der Waals surface area (Å²) < 4.78 is 24.2. The zero-order valence-corrected chi connectivity index (χ0v) is 13.1. The van der Waals surface area contributed by atoms with Crippen molar-refractivity contribution >= 4 is 10.0 Å². The van der Waals surface area contributed by atoms with E-state index < -0.39 is 10.0 Å². The molecule has 1 heterocycles. The molecular formula is C16H16N4O2S. The van der Waals surface area contributed by atoms with Gasteiger partial charge in [-0.05, 0) is 24.1 Å². The topological polar surface area (TPSA) is 90.9 Å². The number of nitrogens with zero attached hydrogens (tertiary/aromatic N) is 3. The fourth-order valence-electron chi connectivity index (χ4n) is 2.24. The second-order valence-electron chi connectivity index (χ2n) is 5.17. The highest BCUT2D eigenvalue weighted by molar-refractivity contribution is 7.89. The molecule has 3 aromatic rings. The van der Waals surface area contributed by atoms with E-state index in [1.54, 1.807) is 16.8 Å². The minimum absolute atomic E-state index is 0.119. The summed E-state index contributed by atoms with van der Waals surface area (Å²) in [6.07, 6.45) is 2.62. The first-order valence-electron chi connectivity index (χ1n) is 7.10. The number of aryl methyl sites for hydroxylation is 2. The van der Waals surface area contributed by atoms with Crippen molar-refractivity contribution in [1.29, 1.82) is 0 Å². The summed E-state index contributed by atoms with van der Waals surface area (Å²) in [7, 11) is -3.64. The lowest BCUT2D eigenvalue weighted by atomic mass is 10.1. The van der Waals surface area contributed by atoms with Crippen LogP contribution in [-0.2, 0) is 23.0 Å². The third-order valence-electron chi connectivity index (χ3n) is 3.49. The second-order valence-corrected chi connectivity index (χ2v) is 6.73. The Morgan fingerprint density at radius 2 is 1.70 bits per heavy atom. The van der Waals surface area contributed by atoms with Crippen molar-refractivity contribution in [2.75, 3.05) is 0 Å². The molecule has 0 aliphatic heterocycles. The summed E-state index contributed by atoms with van der Waals surface area (Å²) in [5.41, 5.74) is 2.86. The van der Waals surface area contributed by atoms with Crippen molar-refractivity contribution in [3.63, 3.8) is 0 Å². The second kappa shape index (κ2) is 6.31. The molecule has 118 valence electrons. The van der Waals surface area contributed by atoms with Gasteiger partial charge in [-0.15, -0.1) is 5.10 Å². The highest BCUT2D eigenvalue weighted by Gasteiger charge is 2.07. The molecular weight excluding hydrogens is 312 g/mol. The summed E-state index contributed by atoms with van der Waals surface area (Å²) >= 11 is 0. The zero-order chi connectivity index (χ0) is 16.3. The third kappa shape index (κ3) is 3.82. The van der Waals surface area contributed by atoms with Crippen LogP contribution in [-0.4, -0.2) is 23.4 Å². The normalized spacial score (nSPS) is 11.5. The minimum atomic E-state index is -3.64. The van der Waals surface area contributed by atoms with E-state index in [4.69, 9.17) is 5.14 Å². The van der Waals surface area contributed by atoms with Gasteiger partial charge in [-0.2, -0.15) is 0 Å². The molecule has 0 bridgehead atoms. The molecule has 2 N–H and O–H groups in total. The molecule has 0 amide bonds. The summed E-state index contributed by atoms with van der Waals surface area (Å²) in [5, 5.41) is 13.4. The quantitative estimate of drug-likeness (QED) is 0.773. The summed E-state index contributed by atoms with van der Waals surface area (Å²) in [5.74, 6) is 0. The largest absolute Gasteiger partial charge is 0.252 e. The molecule has 0 fully saturated rings. The molecule has 0 radical (unpaired) electrons. The number of primary sulfonamides is 1. The smallest absolute Gasteiger partial charge is 0.238 e. The lowest BCUT2D eigenvalue weighted by molar-refractivity contribution is 0.588. The molecule has 2 aromatic carbocycles.